The van der Waals surface area contributed by atoms with E-state index in [2.05, 4.69) is 10.6 Å². The lowest BCUT2D eigenvalue weighted by Crippen LogP contribution is -2.53. The van der Waals surface area contributed by atoms with Crippen LogP contribution in [0.25, 0.3) is 0 Å². The lowest BCUT2D eigenvalue weighted by Gasteiger charge is -2.36. The molecule has 0 radical (unpaired) electrons. The minimum absolute atomic E-state index is 0.0114. The fraction of sp³-hybridized carbons (Fsp3) is 0.846. The maximum atomic E-state index is 12.2. The van der Waals surface area contributed by atoms with Crippen LogP contribution < -0.4 is 10.6 Å². The molecule has 5 heteroatoms. The third kappa shape index (κ3) is 2.83. The summed E-state index contributed by atoms with van der Waals surface area (Å²) in [7, 11) is 0. The van der Waals surface area contributed by atoms with Gasteiger partial charge in [-0.3, -0.25) is 9.59 Å². The van der Waals surface area contributed by atoms with Crippen molar-refractivity contribution in [2.75, 3.05) is 19.6 Å². The average molecular weight is 253 g/mol. The summed E-state index contributed by atoms with van der Waals surface area (Å²) in [6, 6.07) is 0.0699. The van der Waals surface area contributed by atoms with Gasteiger partial charge >= 0.3 is 0 Å². The van der Waals surface area contributed by atoms with E-state index >= 15 is 0 Å². The monoisotopic (exact) mass is 253 g/mol. The van der Waals surface area contributed by atoms with Crippen LogP contribution in [0, 0.1) is 5.92 Å². The zero-order chi connectivity index (χ0) is 13.3. The Balaban J connectivity index is 1.95. The van der Waals surface area contributed by atoms with Crippen LogP contribution in [-0.2, 0) is 9.59 Å². The molecule has 0 spiro atoms. The maximum Gasteiger partial charge on any atom is 0.236 e. The van der Waals surface area contributed by atoms with Crippen LogP contribution in [0.2, 0.25) is 0 Å². The molecular formula is C13H23N3O2. The molecule has 0 aromatic rings. The highest BCUT2D eigenvalue weighted by molar-refractivity contribution is 5.85. The van der Waals surface area contributed by atoms with Crippen LogP contribution in [-0.4, -0.2) is 47.9 Å². The summed E-state index contributed by atoms with van der Waals surface area (Å²) in [6.07, 6.45) is 1.84. The van der Waals surface area contributed by atoms with Crippen molar-refractivity contribution in [2.24, 2.45) is 5.92 Å². The molecule has 2 aliphatic rings. The number of rotatable bonds is 2. The quantitative estimate of drug-likeness (QED) is 0.734. The normalized spacial score (nSPS) is 27.9. The number of amides is 2. The van der Waals surface area contributed by atoms with Crippen molar-refractivity contribution in [1.29, 1.82) is 0 Å². The lowest BCUT2D eigenvalue weighted by atomic mass is 9.91. The summed E-state index contributed by atoms with van der Waals surface area (Å²) < 4.78 is 0. The van der Waals surface area contributed by atoms with E-state index in [0.717, 1.165) is 19.4 Å². The highest BCUT2D eigenvalue weighted by Crippen LogP contribution is 2.27. The Kier molecular flexibility index (Phi) is 3.61. The second kappa shape index (κ2) is 4.88. The molecule has 18 heavy (non-hydrogen) atoms. The highest BCUT2D eigenvalue weighted by Gasteiger charge is 2.42. The summed E-state index contributed by atoms with van der Waals surface area (Å²) in [5.41, 5.74) is -0.0609. The van der Waals surface area contributed by atoms with Crippen molar-refractivity contribution in [3.05, 3.63) is 0 Å². The molecule has 2 fully saturated rings. The van der Waals surface area contributed by atoms with Gasteiger partial charge in [0.05, 0.1) is 18.5 Å². The van der Waals surface area contributed by atoms with Gasteiger partial charge in [-0.15, -0.1) is 0 Å². The smallest absolute Gasteiger partial charge is 0.236 e. The molecule has 0 aromatic carbocycles. The van der Waals surface area contributed by atoms with E-state index in [1.165, 1.54) is 0 Å². The van der Waals surface area contributed by atoms with Crippen molar-refractivity contribution in [3.63, 3.8) is 0 Å². The lowest BCUT2D eigenvalue weighted by molar-refractivity contribution is -0.136. The van der Waals surface area contributed by atoms with E-state index < -0.39 is 0 Å². The maximum absolute atomic E-state index is 12.2. The Bertz CT molecular complexity index is 349. The van der Waals surface area contributed by atoms with Crippen LogP contribution in [0.1, 0.15) is 33.6 Å². The van der Waals surface area contributed by atoms with Crippen LogP contribution in [0.5, 0.6) is 0 Å². The van der Waals surface area contributed by atoms with Gasteiger partial charge in [-0.1, -0.05) is 0 Å². The predicted molar refractivity (Wildman–Crippen MR) is 69.0 cm³/mol. The van der Waals surface area contributed by atoms with Crippen LogP contribution in [0.3, 0.4) is 0 Å². The second-order valence-corrected chi connectivity index (χ2v) is 6.25. The van der Waals surface area contributed by atoms with Crippen molar-refractivity contribution in [1.82, 2.24) is 15.5 Å². The molecule has 102 valence electrons. The van der Waals surface area contributed by atoms with E-state index in [4.69, 9.17) is 0 Å². The summed E-state index contributed by atoms with van der Waals surface area (Å²) in [6.45, 7) is 7.87. The van der Waals surface area contributed by atoms with Gasteiger partial charge in [0, 0.05) is 18.6 Å². The first-order chi connectivity index (χ1) is 8.38. The van der Waals surface area contributed by atoms with Crippen LogP contribution >= 0.6 is 0 Å². The topological polar surface area (TPSA) is 61.4 Å². The van der Waals surface area contributed by atoms with Gasteiger partial charge in [0.1, 0.15) is 0 Å². The molecule has 2 atom stereocenters. The van der Waals surface area contributed by atoms with Crippen LogP contribution in [0.15, 0.2) is 0 Å². The number of fused-ring (bicyclic) bond motifs is 1. The fourth-order valence-electron chi connectivity index (χ4n) is 2.70. The van der Waals surface area contributed by atoms with Gasteiger partial charge in [0.15, 0.2) is 0 Å². The molecule has 2 rings (SSSR count). The number of carbonyl (C=O) groups is 2. The van der Waals surface area contributed by atoms with Crippen molar-refractivity contribution in [3.8, 4) is 0 Å². The first kappa shape index (κ1) is 13.3. The van der Waals surface area contributed by atoms with Crippen molar-refractivity contribution < 1.29 is 9.59 Å². The second-order valence-electron chi connectivity index (χ2n) is 6.25. The number of hydrogen-bond donors (Lipinski definition) is 2. The number of likely N-dealkylation sites (tertiary alicyclic amines) is 1. The third-order valence-corrected chi connectivity index (χ3v) is 3.69. The molecule has 5 nitrogen and oxygen atoms in total. The third-order valence-electron chi connectivity index (χ3n) is 3.69. The number of hydrogen-bond acceptors (Lipinski definition) is 3. The standard InChI is InChI=1S/C13H23N3O2/c1-13(2,3)15-8-11(17)16-6-4-5-9-10(16)7-14-12(9)18/h9-10,15H,4-8H2,1-3H3,(H,14,18). The summed E-state index contributed by atoms with van der Waals surface area (Å²) in [5.74, 6) is 0.231. The Morgan fingerprint density at radius 3 is 2.89 bits per heavy atom. The molecule has 2 amide bonds. The first-order valence-corrected chi connectivity index (χ1v) is 6.71. The van der Waals surface area contributed by atoms with Gasteiger partial charge in [-0.25, -0.2) is 0 Å². The number of nitrogens with zero attached hydrogens (tertiary/aromatic N) is 1. The Labute approximate surface area is 108 Å². The number of nitrogens with one attached hydrogen (secondary N) is 2. The van der Waals surface area contributed by atoms with E-state index in [1.54, 1.807) is 0 Å². The van der Waals surface area contributed by atoms with Gasteiger partial charge in [-0.05, 0) is 33.6 Å². The molecule has 2 N–H and O–H groups in total. The predicted octanol–water partition coefficient (Wildman–Crippen LogP) is 0.112. The molecule has 2 aliphatic heterocycles. The van der Waals surface area contributed by atoms with Gasteiger partial charge in [-0.2, -0.15) is 0 Å². The van der Waals surface area contributed by atoms with E-state index in [-0.39, 0.29) is 29.3 Å². The molecular weight excluding hydrogens is 230 g/mol. The van der Waals surface area contributed by atoms with Gasteiger partial charge in [0.25, 0.3) is 0 Å². The van der Waals surface area contributed by atoms with E-state index in [9.17, 15) is 9.59 Å². The average Bonchev–Trinajstić information content (AvgIpc) is 2.67. The number of piperidine rings is 1. The van der Waals surface area contributed by atoms with E-state index in [1.807, 2.05) is 25.7 Å². The Morgan fingerprint density at radius 1 is 1.50 bits per heavy atom. The Hall–Kier alpha value is -1.10. The zero-order valence-corrected chi connectivity index (χ0v) is 11.5. The molecule has 0 saturated carbocycles. The van der Waals surface area contributed by atoms with Crippen molar-refractivity contribution >= 4 is 11.8 Å². The highest BCUT2D eigenvalue weighted by atomic mass is 16.2. The molecule has 0 aromatic heterocycles. The van der Waals surface area contributed by atoms with E-state index in [0.29, 0.717) is 13.1 Å². The first-order valence-electron chi connectivity index (χ1n) is 6.71. The molecule has 0 bridgehead atoms. The molecule has 2 unspecified atom stereocenters. The van der Waals surface area contributed by atoms with Crippen molar-refractivity contribution in [2.45, 2.75) is 45.2 Å². The largest absolute Gasteiger partial charge is 0.354 e. The molecule has 2 saturated heterocycles. The molecule has 0 aliphatic carbocycles. The van der Waals surface area contributed by atoms with Crippen LogP contribution in [0.4, 0.5) is 0 Å². The molecule has 2 heterocycles. The van der Waals surface area contributed by atoms with Gasteiger partial charge in [0.2, 0.25) is 11.8 Å². The minimum Gasteiger partial charge on any atom is -0.354 e. The summed E-state index contributed by atoms with van der Waals surface area (Å²) in [4.78, 5) is 25.7. The Morgan fingerprint density at radius 2 is 2.22 bits per heavy atom. The SMILES string of the molecule is CC(C)(C)NCC(=O)N1CCCC2C(=O)NCC21. The van der Waals surface area contributed by atoms with Gasteiger partial charge < -0.3 is 15.5 Å². The summed E-state index contributed by atoms with van der Waals surface area (Å²) >= 11 is 0. The minimum atomic E-state index is -0.0609. The zero-order valence-electron chi connectivity index (χ0n) is 11.5. The fourth-order valence-corrected chi connectivity index (χ4v) is 2.70. The number of carbonyl (C=O) groups excluding carboxylic acids is 2. The summed E-state index contributed by atoms with van der Waals surface area (Å²) in [5, 5.41) is 6.08.